The number of carbonyl (C=O) groups is 1. The van der Waals surface area contributed by atoms with Gasteiger partial charge in [0, 0.05) is 20.1 Å². The van der Waals surface area contributed by atoms with E-state index in [0.717, 1.165) is 0 Å². The quantitative estimate of drug-likeness (QED) is 0.630. The van der Waals surface area contributed by atoms with E-state index in [2.05, 4.69) is 6.07 Å². The minimum atomic E-state index is 0.0623. The molecule has 4 nitrogen and oxygen atoms in total. The van der Waals surface area contributed by atoms with Crippen LogP contribution in [0.25, 0.3) is 0 Å². The van der Waals surface area contributed by atoms with E-state index in [1.54, 1.807) is 19.0 Å². The Morgan fingerprint density at radius 3 is 2.38 bits per heavy atom. The maximum atomic E-state index is 11.3. The smallest absolute Gasteiger partial charge is 0.236 e. The average molecular weight is 183 g/mol. The molecule has 0 spiro atoms. The predicted molar refractivity (Wildman–Crippen MR) is 51.0 cm³/mol. The van der Waals surface area contributed by atoms with Crippen LogP contribution in [0, 0.1) is 11.3 Å². The molecule has 0 aliphatic heterocycles. The number of rotatable bonds is 4. The van der Waals surface area contributed by atoms with E-state index in [-0.39, 0.29) is 11.9 Å². The Hall–Kier alpha value is -1.08. The summed E-state index contributed by atoms with van der Waals surface area (Å²) in [6.45, 7) is 2.31. The number of nitriles is 1. The van der Waals surface area contributed by atoms with Crippen LogP contribution in [0.5, 0.6) is 0 Å². The van der Waals surface area contributed by atoms with Crippen LogP contribution in [0.1, 0.15) is 13.3 Å². The van der Waals surface area contributed by atoms with Crippen molar-refractivity contribution in [2.24, 2.45) is 0 Å². The summed E-state index contributed by atoms with van der Waals surface area (Å²) in [5, 5.41) is 8.46. The van der Waals surface area contributed by atoms with Gasteiger partial charge in [-0.2, -0.15) is 5.26 Å². The summed E-state index contributed by atoms with van der Waals surface area (Å²) in [5.41, 5.74) is 0. The monoisotopic (exact) mass is 183 g/mol. The van der Waals surface area contributed by atoms with Gasteiger partial charge >= 0.3 is 0 Å². The van der Waals surface area contributed by atoms with Crippen molar-refractivity contribution in [3.05, 3.63) is 0 Å². The number of nitrogens with zero attached hydrogens (tertiary/aromatic N) is 3. The van der Waals surface area contributed by atoms with Crippen LogP contribution in [0.2, 0.25) is 0 Å². The van der Waals surface area contributed by atoms with Crippen molar-refractivity contribution >= 4 is 5.91 Å². The van der Waals surface area contributed by atoms with E-state index in [9.17, 15) is 4.79 Å². The highest BCUT2D eigenvalue weighted by Gasteiger charge is 2.13. The molecule has 0 aromatic heterocycles. The van der Waals surface area contributed by atoms with Crippen molar-refractivity contribution in [2.75, 3.05) is 27.7 Å². The summed E-state index contributed by atoms with van der Waals surface area (Å²) in [4.78, 5) is 14.7. The molecular weight excluding hydrogens is 166 g/mol. The zero-order valence-corrected chi connectivity index (χ0v) is 8.74. The first-order valence-electron chi connectivity index (χ1n) is 4.26. The summed E-state index contributed by atoms with van der Waals surface area (Å²) in [7, 11) is 5.31. The molecule has 1 unspecified atom stereocenters. The normalized spacial score (nSPS) is 12.3. The van der Waals surface area contributed by atoms with Gasteiger partial charge < -0.3 is 4.90 Å². The van der Waals surface area contributed by atoms with E-state index in [4.69, 9.17) is 5.26 Å². The molecule has 0 radical (unpaired) electrons. The van der Waals surface area contributed by atoms with Crippen molar-refractivity contribution in [1.82, 2.24) is 9.80 Å². The minimum Gasteiger partial charge on any atom is -0.348 e. The molecule has 0 aromatic carbocycles. The molecule has 0 fully saturated rings. The Morgan fingerprint density at radius 2 is 2.00 bits per heavy atom. The number of amides is 1. The largest absolute Gasteiger partial charge is 0.348 e. The highest BCUT2D eigenvalue weighted by molar-refractivity contribution is 5.77. The second-order valence-corrected chi connectivity index (χ2v) is 3.41. The van der Waals surface area contributed by atoms with E-state index >= 15 is 0 Å². The molecule has 74 valence electrons. The predicted octanol–water partition coefficient (Wildman–Crippen LogP) is 0.309. The molecule has 0 bridgehead atoms. The lowest BCUT2D eigenvalue weighted by Crippen LogP contribution is -2.38. The third-order valence-corrected chi connectivity index (χ3v) is 2.02. The number of hydrogen-bond acceptors (Lipinski definition) is 3. The maximum absolute atomic E-state index is 11.3. The molecule has 0 saturated carbocycles. The molecule has 0 aromatic rings. The average Bonchev–Trinajstić information content (AvgIpc) is 2.04. The van der Waals surface area contributed by atoms with Gasteiger partial charge in [0.2, 0.25) is 5.91 Å². The van der Waals surface area contributed by atoms with Crippen molar-refractivity contribution in [3.8, 4) is 6.07 Å². The van der Waals surface area contributed by atoms with E-state index in [0.29, 0.717) is 13.0 Å². The number of carbonyl (C=O) groups excluding carboxylic acids is 1. The van der Waals surface area contributed by atoms with Crippen LogP contribution in [0.3, 0.4) is 0 Å². The van der Waals surface area contributed by atoms with Crippen molar-refractivity contribution < 1.29 is 4.79 Å². The molecular formula is C9H17N3O. The van der Waals surface area contributed by atoms with Gasteiger partial charge in [-0.05, 0) is 14.0 Å². The lowest BCUT2D eigenvalue weighted by Gasteiger charge is -2.23. The molecule has 0 N–H and O–H groups in total. The Labute approximate surface area is 79.7 Å². The molecule has 0 aliphatic carbocycles. The second-order valence-electron chi connectivity index (χ2n) is 3.41. The van der Waals surface area contributed by atoms with Crippen LogP contribution in [0.4, 0.5) is 0 Å². The molecule has 4 heteroatoms. The molecule has 0 heterocycles. The first kappa shape index (κ1) is 11.9. The highest BCUT2D eigenvalue weighted by atomic mass is 16.2. The van der Waals surface area contributed by atoms with Gasteiger partial charge in [0.25, 0.3) is 0 Å². The fourth-order valence-corrected chi connectivity index (χ4v) is 0.799. The topological polar surface area (TPSA) is 47.3 Å². The lowest BCUT2D eigenvalue weighted by atomic mass is 10.2. The summed E-state index contributed by atoms with van der Waals surface area (Å²) < 4.78 is 0. The van der Waals surface area contributed by atoms with Gasteiger partial charge in [-0.1, -0.05) is 0 Å². The van der Waals surface area contributed by atoms with Crippen molar-refractivity contribution in [2.45, 2.75) is 19.4 Å². The third-order valence-electron chi connectivity index (χ3n) is 2.02. The molecule has 1 atom stereocenters. The van der Waals surface area contributed by atoms with Crippen molar-refractivity contribution in [3.63, 3.8) is 0 Å². The summed E-state index contributed by atoms with van der Waals surface area (Å²) >= 11 is 0. The van der Waals surface area contributed by atoms with E-state index in [1.165, 1.54) is 0 Å². The van der Waals surface area contributed by atoms with Gasteiger partial charge in [-0.15, -0.1) is 0 Å². The fraction of sp³-hybridized carbons (Fsp3) is 0.778. The summed E-state index contributed by atoms with van der Waals surface area (Å²) in [6.07, 6.45) is 0.456. The van der Waals surface area contributed by atoms with E-state index < -0.39 is 0 Å². The molecule has 1 amide bonds. The van der Waals surface area contributed by atoms with Crippen LogP contribution < -0.4 is 0 Å². The minimum absolute atomic E-state index is 0.0623. The lowest BCUT2D eigenvalue weighted by molar-refractivity contribution is -0.130. The molecule has 0 aliphatic rings. The van der Waals surface area contributed by atoms with E-state index in [1.807, 2.05) is 18.9 Å². The Balaban J connectivity index is 3.93. The maximum Gasteiger partial charge on any atom is 0.236 e. The van der Waals surface area contributed by atoms with Crippen molar-refractivity contribution in [1.29, 1.82) is 5.26 Å². The van der Waals surface area contributed by atoms with Gasteiger partial charge in [-0.3, -0.25) is 9.69 Å². The fourth-order valence-electron chi connectivity index (χ4n) is 0.799. The van der Waals surface area contributed by atoms with Crippen LogP contribution in [-0.4, -0.2) is 49.4 Å². The molecule has 0 saturated heterocycles. The second kappa shape index (κ2) is 5.55. The Morgan fingerprint density at radius 1 is 1.46 bits per heavy atom. The number of likely N-dealkylation sites (N-methyl/N-ethyl adjacent to an activating group) is 2. The first-order valence-corrected chi connectivity index (χ1v) is 4.26. The zero-order valence-electron chi connectivity index (χ0n) is 8.74. The SMILES string of the molecule is CC(CC#N)N(C)CC(=O)N(C)C. The highest BCUT2D eigenvalue weighted by Crippen LogP contribution is 1.99. The van der Waals surface area contributed by atoms with Gasteiger partial charge in [0.15, 0.2) is 0 Å². The van der Waals surface area contributed by atoms with Gasteiger partial charge in [0.1, 0.15) is 0 Å². The van der Waals surface area contributed by atoms with Crippen LogP contribution in [-0.2, 0) is 4.79 Å². The first-order chi connectivity index (χ1) is 5.99. The Kier molecular flexibility index (Phi) is 5.09. The Bertz CT molecular complexity index is 207. The summed E-state index contributed by atoms with van der Waals surface area (Å²) in [5.74, 6) is 0.0623. The van der Waals surface area contributed by atoms with Gasteiger partial charge in [-0.25, -0.2) is 0 Å². The standard InChI is InChI=1S/C9H17N3O/c1-8(5-6-10)12(4)7-9(13)11(2)3/h8H,5,7H2,1-4H3. The number of hydrogen-bond donors (Lipinski definition) is 0. The zero-order chi connectivity index (χ0) is 10.4. The molecule has 0 rings (SSSR count). The van der Waals surface area contributed by atoms with Crippen LogP contribution in [0.15, 0.2) is 0 Å². The molecule has 13 heavy (non-hydrogen) atoms. The van der Waals surface area contributed by atoms with Gasteiger partial charge in [0.05, 0.1) is 19.0 Å². The summed E-state index contributed by atoms with van der Waals surface area (Å²) in [6, 6.07) is 2.22. The third kappa shape index (κ3) is 4.48. The van der Waals surface area contributed by atoms with Crippen LogP contribution >= 0.6 is 0 Å².